The van der Waals surface area contributed by atoms with Crippen LogP contribution in [-0.4, -0.2) is 96.4 Å². The lowest BCUT2D eigenvalue weighted by Crippen LogP contribution is -2.49. The molecule has 2 saturated heterocycles. The second kappa shape index (κ2) is 18.7. The van der Waals surface area contributed by atoms with Gasteiger partial charge in [-0.15, -0.1) is 0 Å². The fraction of sp³-hybridized carbons (Fsp3) is 0.622. The number of nitrogens with one attached hydrogen (secondary N) is 1. The average molecular weight is 723 g/mol. The van der Waals surface area contributed by atoms with Crippen LogP contribution in [0.1, 0.15) is 100 Å². The number of unbranched alkanes of at least 4 members (excludes halogenated alkanes) is 4. The van der Waals surface area contributed by atoms with Gasteiger partial charge in [0.15, 0.2) is 12.4 Å². The Labute approximate surface area is 296 Å². The van der Waals surface area contributed by atoms with E-state index >= 15 is 0 Å². The molecule has 1 aromatic carbocycles. The highest BCUT2D eigenvalue weighted by molar-refractivity contribution is 5.98. The molecule has 2 heterocycles. The number of nitrogens with zero attached hydrogens (tertiary/aromatic N) is 1. The molecule has 1 aliphatic carbocycles. The summed E-state index contributed by atoms with van der Waals surface area (Å²) in [7, 11) is 0. The molecular weight excluding hydrogens is 673 g/mol. The Morgan fingerprint density at radius 1 is 1.06 bits per heavy atom. The highest BCUT2D eigenvalue weighted by atomic mass is 19.4. The van der Waals surface area contributed by atoms with Crippen molar-refractivity contribution in [2.75, 3.05) is 26.3 Å². The Morgan fingerprint density at radius 3 is 2.43 bits per heavy atom. The van der Waals surface area contributed by atoms with Gasteiger partial charge in [0.25, 0.3) is 0 Å². The number of ether oxygens (including phenoxy) is 4. The Kier molecular flexibility index (Phi) is 14.6. The maximum absolute atomic E-state index is 14.0. The smallest absolute Gasteiger partial charge is 0.422 e. The van der Waals surface area contributed by atoms with Crippen LogP contribution in [0, 0.1) is 0 Å². The molecule has 4 rings (SSSR count). The number of likely N-dealkylation sites (tertiary alicyclic amines) is 1. The van der Waals surface area contributed by atoms with E-state index in [2.05, 4.69) is 23.9 Å². The molecule has 1 aromatic rings. The summed E-state index contributed by atoms with van der Waals surface area (Å²) >= 11 is 0. The van der Waals surface area contributed by atoms with Gasteiger partial charge < -0.3 is 34.3 Å². The number of esters is 2. The monoisotopic (exact) mass is 722 g/mol. The van der Waals surface area contributed by atoms with Crippen LogP contribution in [0.5, 0.6) is 0 Å². The minimum Gasteiger partial charge on any atom is -0.456 e. The lowest BCUT2D eigenvalue weighted by Gasteiger charge is -2.33. The molecule has 2 fully saturated rings. The van der Waals surface area contributed by atoms with Crippen LogP contribution in [0.3, 0.4) is 0 Å². The van der Waals surface area contributed by atoms with Crippen LogP contribution in [0.4, 0.5) is 13.2 Å². The molecule has 2 N–H and O–H groups in total. The molecule has 0 unspecified atom stereocenters. The Bertz CT molecular complexity index is 1420. The van der Waals surface area contributed by atoms with E-state index in [1.54, 1.807) is 18.2 Å². The maximum Gasteiger partial charge on any atom is 0.422 e. The van der Waals surface area contributed by atoms with Gasteiger partial charge >= 0.3 is 18.1 Å². The molecule has 0 bridgehead atoms. The normalized spacial score (nSPS) is 22.8. The minimum absolute atomic E-state index is 0.0155. The number of carbonyl (C=O) groups excluding carboxylic acids is 4. The third kappa shape index (κ3) is 11.1. The van der Waals surface area contributed by atoms with Gasteiger partial charge in [-0.1, -0.05) is 57.7 Å². The number of amides is 2. The number of benzene rings is 1. The van der Waals surface area contributed by atoms with Gasteiger partial charge in [-0.05, 0) is 49.5 Å². The Morgan fingerprint density at radius 2 is 1.76 bits per heavy atom. The maximum atomic E-state index is 14.0. The first-order chi connectivity index (χ1) is 24.4. The molecule has 14 heteroatoms. The third-order valence-electron chi connectivity index (χ3n) is 9.22. The lowest BCUT2D eigenvalue weighted by atomic mass is 9.91. The number of rotatable bonds is 17. The Hall–Kier alpha value is -3.75. The van der Waals surface area contributed by atoms with Gasteiger partial charge in [-0.25, -0.2) is 9.59 Å². The predicted molar refractivity (Wildman–Crippen MR) is 180 cm³/mol. The second-order valence-corrected chi connectivity index (χ2v) is 13.1. The van der Waals surface area contributed by atoms with E-state index in [1.165, 1.54) is 23.1 Å². The third-order valence-corrected chi connectivity index (χ3v) is 9.22. The van der Waals surface area contributed by atoms with Crippen LogP contribution in [0.15, 0.2) is 42.0 Å². The standard InChI is InChI=1S/C37H49F3N2O9/c1-3-5-9-17-36(18-10-6-4-2)50-30-23-26(34(46)42-20-11-14-28(42)33(45)41-19-21-43)22-29(32(30)51-36)49-35(47)27-13-8-7-12-25(27)15-16-31(44)48-24-37(38,39)40/h7-8,12-13,15-16,23,28-30,32,43H,3-6,9-11,14,17-22,24H2,1-2H3,(H,41,45)/t28-,29-,30-,32+/m1/s1. The molecule has 51 heavy (non-hydrogen) atoms. The number of fused-ring (bicyclic) bond motifs is 1. The molecular formula is C37H49F3N2O9. The topological polar surface area (TPSA) is 141 Å². The molecule has 0 aromatic heterocycles. The molecule has 0 saturated carbocycles. The molecule has 2 aliphatic heterocycles. The van der Waals surface area contributed by atoms with Crippen molar-refractivity contribution in [3.8, 4) is 0 Å². The molecule has 11 nitrogen and oxygen atoms in total. The number of carbonyl (C=O) groups is 4. The molecule has 0 spiro atoms. The Balaban J connectivity index is 1.61. The van der Waals surface area contributed by atoms with Gasteiger partial charge in [-0.2, -0.15) is 13.2 Å². The van der Waals surface area contributed by atoms with Crippen LogP contribution < -0.4 is 5.32 Å². The predicted octanol–water partition coefficient (Wildman–Crippen LogP) is 5.40. The van der Waals surface area contributed by atoms with E-state index in [1.807, 2.05) is 0 Å². The van der Waals surface area contributed by atoms with Crippen molar-refractivity contribution < 1.29 is 56.4 Å². The van der Waals surface area contributed by atoms with Crippen molar-refractivity contribution in [1.82, 2.24) is 10.2 Å². The first kappa shape index (κ1) is 40.0. The van der Waals surface area contributed by atoms with Crippen molar-refractivity contribution >= 4 is 29.8 Å². The zero-order valence-corrected chi connectivity index (χ0v) is 29.3. The van der Waals surface area contributed by atoms with Crippen molar-refractivity contribution in [2.24, 2.45) is 0 Å². The first-order valence-corrected chi connectivity index (χ1v) is 17.9. The van der Waals surface area contributed by atoms with Crippen molar-refractivity contribution in [3.05, 3.63) is 53.1 Å². The largest absolute Gasteiger partial charge is 0.456 e. The summed E-state index contributed by atoms with van der Waals surface area (Å²) in [4.78, 5) is 54.1. The summed E-state index contributed by atoms with van der Waals surface area (Å²) in [6, 6.07) is 5.40. The number of halogens is 3. The zero-order valence-electron chi connectivity index (χ0n) is 29.3. The summed E-state index contributed by atoms with van der Waals surface area (Å²) < 4.78 is 61.2. The molecule has 282 valence electrons. The minimum atomic E-state index is -4.69. The SMILES string of the molecule is CCCCCC1(CCCCC)O[C@@H]2[C@@H](C=C(C(=O)N3CCC[C@@H]3C(=O)NCCO)C[C@H]2OC(=O)c2ccccc2C=CC(=O)OCC(F)(F)F)O1. The average Bonchev–Trinajstić information content (AvgIpc) is 3.74. The van der Waals surface area contributed by atoms with E-state index < -0.39 is 54.9 Å². The number of alkyl halides is 3. The quantitative estimate of drug-likeness (QED) is 0.123. The van der Waals surface area contributed by atoms with Crippen molar-refractivity contribution in [1.29, 1.82) is 0 Å². The van der Waals surface area contributed by atoms with Crippen LogP contribution in [0.2, 0.25) is 0 Å². The lowest BCUT2D eigenvalue weighted by molar-refractivity contribution is -0.190. The molecule has 3 aliphatic rings. The van der Waals surface area contributed by atoms with E-state index in [0.29, 0.717) is 37.8 Å². The summed E-state index contributed by atoms with van der Waals surface area (Å²) in [5.41, 5.74) is 0.558. The highest BCUT2D eigenvalue weighted by Gasteiger charge is 2.53. The fourth-order valence-electron chi connectivity index (χ4n) is 6.74. The fourth-order valence-corrected chi connectivity index (χ4v) is 6.74. The van der Waals surface area contributed by atoms with Gasteiger partial charge in [0.1, 0.15) is 24.4 Å². The molecule has 4 atom stereocenters. The summed E-state index contributed by atoms with van der Waals surface area (Å²) in [6.07, 6.45) is 4.52. The van der Waals surface area contributed by atoms with Crippen LogP contribution in [-0.2, 0) is 33.3 Å². The van der Waals surface area contributed by atoms with Gasteiger partial charge in [-0.3, -0.25) is 9.59 Å². The van der Waals surface area contributed by atoms with Gasteiger partial charge in [0.05, 0.1) is 12.2 Å². The molecule has 0 radical (unpaired) electrons. The number of aliphatic hydroxyl groups excluding tert-OH is 1. The number of aliphatic hydroxyl groups is 1. The van der Waals surface area contributed by atoms with Crippen LogP contribution in [0.25, 0.3) is 6.08 Å². The van der Waals surface area contributed by atoms with E-state index in [0.717, 1.165) is 44.6 Å². The first-order valence-electron chi connectivity index (χ1n) is 17.9. The summed E-state index contributed by atoms with van der Waals surface area (Å²) in [6.45, 7) is 2.65. The summed E-state index contributed by atoms with van der Waals surface area (Å²) in [5.74, 6) is -3.71. The van der Waals surface area contributed by atoms with E-state index in [-0.39, 0.29) is 42.5 Å². The number of hydrogen-bond donors (Lipinski definition) is 2. The van der Waals surface area contributed by atoms with Gasteiger partial charge in [0.2, 0.25) is 11.8 Å². The van der Waals surface area contributed by atoms with E-state index in [9.17, 15) is 37.5 Å². The number of hydrogen-bond acceptors (Lipinski definition) is 9. The summed E-state index contributed by atoms with van der Waals surface area (Å²) in [5, 5.41) is 11.8. The van der Waals surface area contributed by atoms with E-state index in [4.69, 9.17) is 14.2 Å². The second-order valence-electron chi connectivity index (χ2n) is 13.1. The molecule has 2 amide bonds. The highest BCUT2D eigenvalue weighted by Crippen LogP contribution is 2.43. The van der Waals surface area contributed by atoms with Crippen LogP contribution >= 0.6 is 0 Å². The van der Waals surface area contributed by atoms with Crippen molar-refractivity contribution in [2.45, 2.75) is 121 Å². The van der Waals surface area contributed by atoms with Crippen molar-refractivity contribution in [3.63, 3.8) is 0 Å². The zero-order chi connectivity index (χ0) is 37.0. The van der Waals surface area contributed by atoms with Gasteiger partial charge in [0, 0.05) is 44.0 Å².